The van der Waals surface area contributed by atoms with Gasteiger partial charge in [-0.3, -0.25) is 9.79 Å². The van der Waals surface area contributed by atoms with Crippen LogP contribution in [0, 0.1) is 0 Å². The van der Waals surface area contributed by atoms with E-state index >= 15 is 0 Å². The summed E-state index contributed by atoms with van der Waals surface area (Å²) in [5, 5.41) is 0. The third-order valence-corrected chi connectivity index (χ3v) is 2.80. The fraction of sp³-hybridized carbons (Fsp3) is 0.286. The Morgan fingerprint density at radius 1 is 1.18 bits per heavy atom. The zero-order valence-electron chi connectivity index (χ0n) is 10.0. The molecule has 3 heteroatoms. The summed E-state index contributed by atoms with van der Waals surface area (Å²) in [4.78, 5) is 15.5. The minimum Gasteiger partial charge on any atom is -0.292 e. The van der Waals surface area contributed by atoms with Crippen LogP contribution in [0.3, 0.4) is 0 Å². The number of benzene rings is 1. The molecule has 0 unspecified atom stereocenters. The second-order valence-corrected chi connectivity index (χ2v) is 3.95. The molecule has 0 atom stereocenters. The standard InChI is InChI=1S/C14H15NO.B/c1-2-11-3-5-12(6-4-11)9-13-7-8-15-10-14(13)16;/h3-8H,2,9-10H2,1H3;. The number of dihydropyridines is 1. The maximum Gasteiger partial charge on any atom is 0.180 e. The van der Waals surface area contributed by atoms with E-state index in [1.165, 1.54) is 11.1 Å². The predicted molar refractivity (Wildman–Crippen MR) is 71.7 cm³/mol. The third-order valence-electron chi connectivity index (χ3n) is 2.80. The van der Waals surface area contributed by atoms with E-state index < -0.39 is 0 Å². The molecule has 0 aromatic heterocycles. The molecule has 1 aromatic rings. The molecule has 17 heavy (non-hydrogen) atoms. The van der Waals surface area contributed by atoms with Gasteiger partial charge in [0.15, 0.2) is 5.78 Å². The molecule has 85 valence electrons. The first-order valence-corrected chi connectivity index (χ1v) is 5.59. The summed E-state index contributed by atoms with van der Waals surface area (Å²) in [7, 11) is 0. The van der Waals surface area contributed by atoms with E-state index in [1.54, 1.807) is 6.21 Å². The molecule has 1 aliphatic rings. The zero-order valence-corrected chi connectivity index (χ0v) is 10.0. The minimum absolute atomic E-state index is 0. The van der Waals surface area contributed by atoms with Gasteiger partial charge in [-0.2, -0.15) is 0 Å². The number of ketones is 1. The van der Waals surface area contributed by atoms with Crippen LogP contribution in [0.5, 0.6) is 0 Å². The van der Waals surface area contributed by atoms with Crippen molar-refractivity contribution in [2.24, 2.45) is 4.99 Å². The van der Waals surface area contributed by atoms with Crippen LogP contribution in [-0.4, -0.2) is 27.0 Å². The molecule has 0 spiro atoms. The van der Waals surface area contributed by atoms with Gasteiger partial charge in [-0.05, 0) is 23.6 Å². The Balaban J connectivity index is 0.00000144. The summed E-state index contributed by atoms with van der Waals surface area (Å²) >= 11 is 0. The second-order valence-electron chi connectivity index (χ2n) is 3.95. The van der Waals surface area contributed by atoms with Gasteiger partial charge in [0.1, 0.15) is 6.54 Å². The van der Waals surface area contributed by atoms with Gasteiger partial charge >= 0.3 is 0 Å². The summed E-state index contributed by atoms with van der Waals surface area (Å²) in [6.45, 7) is 2.44. The van der Waals surface area contributed by atoms with Crippen LogP contribution in [0.2, 0.25) is 0 Å². The first kappa shape index (κ1) is 13.4. The smallest absolute Gasteiger partial charge is 0.180 e. The highest BCUT2D eigenvalue weighted by atomic mass is 16.1. The quantitative estimate of drug-likeness (QED) is 0.722. The van der Waals surface area contributed by atoms with Gasteiger partial charge < -0.3 is 0 Å². The largest absolute Gasteiger partial charge is 0.292 e. The van der Waals surface area contributed by atoms with Crippen LogP contribution < -0.4 is 0 Å². The number of Topliss-reactive ketones (excluding diaryl/α,β-unsaturated/α-hetero) is 1. The second kappa shape index (κ2) is 6.19. The molecule has 2 rings (SSSR count). The van der Waals surface area contributed by atoms with Crippen molar-refractivity contribution in [3.8, 4) is 0 Å². The molecular weight excluding hydrogens is 209 g/mol. The SMILES string of the molecule is CCc1ccc(CC2=CC=NCC2=O)cc1.[B]. The number of aryl methyl sites for hydroxylation is 1. The van der Waals surface area contributed by atoms with E-state index in [2.05, 4.69) is 36.2 Å². The number of nitrogens with zero attached hydrogens (tertiary/aromatic N) is 1. The molecule has 0 bridgehead atoms. The normalized spacial score (nSPS) is 14.2. The molecule has 1 heterocycles. The Morgan fingerprint density at radius 2 is 1.82 bits per heavy atom. The molecular formula is C14H15BNO. The molecule has 0 saturated heterocycles. The first-order valence-electron chi connectivity index (χ1n) is 5.59. The van der Waals surface area contributed by atoms with Gasteiger partial charge in [0.05, 0.1) is 0 Å². The maximum atomic E-state index is 11.5. The highest BCUT2D eigenvalue weighted by Crippen LogP contribution is 2.12. The molecule has 3 radical (unpaired) electrons. The third kappa shape index (κ3) is 3.41. The molecule has 0 fully saturated rings. The molecule has 1 aromatic carbocycles. The Kier molecular flexibility index (Phi) is 4.89. The Bertz CT molecular complexity index is 446. The van der Waals surface area contributed by atoms with E-state index in [4.69, 9.17) is 0 Å². The van der Waals surface area contributed by atoms with Crippen molar-refractivity contribution in [3.05, 3.63) is 47.0 Å². The van der Waals surface area contributed by atoms with Crippen LogP contribution >= 0.6 is 0 Å². The number of hydrogen-bond acceptors (Lipinski definition) is 2. The van der Waals surface area contributed by atoms with Crippen molar-refractivity contribution in [2.45, 2.75) is 19.8 Å². The fourth-order valence-electron chi connectivity index (χ4n) is 1.74. The van der Waals surface area contributed by atoms with Crippen molar-refractivity contribution < 1.29 is 4.79 Å². The van der Waals surface area contributed by atoms with Gasteiger partial charge in [0, 0.05) is 26.6 Å². The summed E-state index contributed by atoms with van der Waals surface area (Å²) < 4.78 is 0. The van der Waals surface area contributed by atoms with Crippen molar-refractivity contribution in [2.75, 3.05) is 6.54 Å². The Labute approximate surface area is 104 Å². The molecule has 0 amide bonds. The van der Waals surface area contributed by atoms with E-state index in [0.717, 1.165) is 18.4 Å². The number of allylic oxidation sites excluding steroid dienone is 1. The van der Waals surface area contributed by atoms with E-state index in [9.17, 15) is 4.79 Å². The van der Waals surface area contributed by atoms with Gasteiger partial charge in [-0.25, -0.2) is 0 Å². The Hall–Kier alpha value is -1.64. The lowest BCUT2D eigenvalue weighted by molar-refractivity contribution is -0.114. The summed E-state index contributed by atoms with van der Waals surface area (Å²) in [6, 6.07) is 8.44. The van der Waals surface area contributed by atoms with E-state index in [1.807, 2.05) is 6.08 Å². The molecule has 2 nitrogen and oxygen atoms in total. The lowest BCUT2D eigenvalue weighted by Crippen LogP contribution is -2.12. The van der Waals surface area contributed by atoms with Gasteiger partial charge in [0.2, 0.25) is 0 Å². The zero-order chi connectivity index (χ0) is 11.4. The van der Waals surface area contributed by atoms with E-state index in [0.29, 0.717) is 6.54 Å². The van der Waals surface area contributed by atoms with Crippen LogP contribution in [-0.2, 0) is 17.6 Å². The maximum absolute atomic E-state index is 11.5. The van der Waals surface area contributed by atoms with Crippen molar-refractivity contribution in [1.82, 2.24) is 0 Å². The number of carbonyl (C=O) groups is 1. The predicted octanol–water partition coefficient (Wildman–Crippen LogP) is 1.99. The van der Waals surface area contributed by atoms with Crippen LogP contribution in [0.25, 0.3) is 0 Å². The number of hydrogen-bond donors (Lipinski definition) is 0. The summed E-state index contributed by atoms with van der Waals surface area (Å²) in [5.41, 5.74) is 3.38. The molecule has 0 saturated carbocycles. The van der Waals surface area contributed by atoms with Gasteiger partial charge in [0.25, 0.3) is 0 Å². The van der Waals surface area contributed by atoms with Crippen LogP contribution in [0.4, 0.5) is 0 Å². The van der Waals surface area contributed by atoms with Crippen molar-refractivity contribution in [1.29, 1.82) is 0 Å². The number of aliphatic imine (C=N–C) groups is 1. The summed E-state index contributed by atoms with van der Waals surface area (Å²) in [6.07, 6.45) is 5.31. The highest BCUT2D eigenvalue weighted by Gasteiger charge is 2.11. The number of rotatable bonds is 3. The van der Waals surface area contributed by atoms with Gasteiger partial charge in [-0.15, -0.1) is 0 Å². The summed E-state index contributed by atoms with van der Waals surface area (Å²) in [5.74, 6) is 0.141. The number of carbonyl (C=O) groups excluding carboxylic acids is 1. The van der Waals surface area contributed by atoms with Crippen LogP contribution in [0.1, 0.15) is 18.1 Å². The highest BCUT2D eigenvalue weighted by molar-refractivity contribution is 6.03. The lowest BCUT2D eigenvalue weighted by atomic mass is 9.99. The average molecular weight is 224 g/mol. The average Bonchev–Trinajstić information content (AvgIpc) is 2.33. The van der Waals surface area contributed by atoms with Crippen molar-refractivity contribution >= 4 is 20.4 Å². The monoisotopic (exact) mass is 224 g/mol. The lowest BCUT2D eigenvalue weighted by Gasteiger charge is -2.08. The van der Waals surface area contributed by atoms with Crippen LogP contribution in [0.15, 0.2) is 40.9 Å². The van der Waals surface area contributed by atoms with Gasteiger partial charge in [-0.1, -0.05) is 31.2 Å². The Morgan fingerprint density at radius 3 is 2.41 bits per heavy atom. The topological polar surface area (TPSA) is 29.4 Å². The minimum atomic E-state index is 0. The van der Waals surface area contributed by atoms with Crippen molar-refractivity contribution in [3.63, 3.8) is 0 Å². The fourth-order valence-corrected chi connectivity index (χ4v) is 1.74. The van der Waals surface area contributed by atoms with E-state index in [-0.39, 0.29) is 14.2 Å². The first-order chi connectivity index (χ1) is 7.79. The molecule has 0 aliphatic carbocycles. The molecule has 1 aliphatic heterocycles. The molecule has 0 N–H and O–H groups in total.